The van der Waals surface area contributed by atoms with E-state index in [0.717, 1.165) is 37.2 Å². The SMILES string of the molecule is O=C(CN1CCN(C(=O)/C=C/c2cnn(-c3ccccc3)c2)CC1)NC1CC1. The van der Waals surface area contributed by atoms with Gasteiger partial charge in [0.15, 0.2) is 0 Å². The van der Waals surface area contributed by atoms with E-state index < -0.39 is 0 Å². The van der Waals surface area contributed by atoms with Crippen LogP contribution < -0.4 is 5.32 Å². The molecule has 28 heavy (non-hydrogen) atoms. The zero-order valence-corrected chi connectivity index (χ0v) is 15.8. The van der Waals surface area contributed by atoms with Crippen molar-refractivity contribution in [2.45, 2.75) is 18.9 Å². The largest absolute Gasteiger partial charge is 0.352 e. The number of aromatic nitrogens is 2. The number of carbonyl (C=O) groups is 2. The monoisotopic (exact) mass is 379 g/mol. The zero-order chi connectivity index (χ0) is 19.3. The van der Waals surface area contributed by atoms with E-state index in [1.165, 1.54) is 0 Å². The van der Waals surface area contributed by atoms with Gasteiger partial charge in [-0.25, -0.2) is 4.68 Å². The number of benzene rings is 1. The Morgan fingerprint density at radius 2 is 1.86 bits per heavy atom. The fourth-order valence-corrected chi connectivity index (χ4v) is 3.25. The molecule has 1 aliphatic heterocycles. The van der Waals surface area contributed by atoms with Gasteiger partial charge in [0.05, 0.1) is 18.4 Å². The molecule has 7 nitrogen and oxygen atoms in total. The lowest BCUT2D eigenvalue weighted by Crippen LogP contribution is -2.51. The highest BCUT2D eigenvalue weighted by Gasteiger charge is 2.25. The number of nitrogens with zero attached hydrogens (tertiary/aromatic N) is 4. The van der Waals surface area contributed by atoms with Crippen LogP contribution in [0.3, 0.4) is 0 Å². The van der Waals surface area contributed by atoms with Crippen molar-refractivity contribution >= 4 is 17.9 Å². The van der Waals surface area contributed by atoms with Gasteiger partial charge in [-0.05, 0) is 31.1 Å². The van der Waals surface area contributed by atoms with Gasteiger partial charge in [0.25, 0.3) is 0 Å². The molecule has 0 bridgehead atoms. The summed E-state index contributed by atoms with van der Waals surface area (Å²) in [5.41, 5.74) is 1.86. The molecule has 2 aromatic rings. The van der Waals surface area contributed by atoms with Crippen LogP contribution in [-0.4, -0.2) is 70.2 Å². The summed E-state index contributed by atoms with van der Waals surface area (Å²) in [6.45, 7) is 3.16. The van der Waals surface area contributed by atoms with Crippen molar-refractivity contribution in [2.75, 3.05) is 32.7 Å². The summed E-state index contributed by atoms with van der Waals surface area (Å²) < 4.78 is 1.79. The minimum absolute atomic E-state index is 0.00505. The fraction of sp³-hybridized carbons (Fsp3) is 0.381. The predicted octanol–water partition coefficient (Wildman–Crippen LogP) is 1.31. The van der Waals surface area contributed by atoms with E-state index in [4.69, 9.17) is 0 Å². The lowest BCUT2D eigenvalue weighted by molar-refractivity contribution is -0.128. The summed E-state index contributed by atoms with van der Waals surface area (Å²) >= 11 is 0. The number of hydrogen-bond acceptors (Lipinski definition) is 4. The second kappa shape index (κ2) is 8.39. The third-order valence-corrected chi connectivity index (χ3v) is 5.04. The van der Waals surface area contributed by atoms with Crippen molar-refractivity contribution < 1.29 is 9.59 Å². The van der Waals surface area contributed by atoms with Crippen LogP contribution in [0.25, 0.3) is 11.8 Å². The molecule has 0 radical (unpaired) electrons. The van der Waals surface area contributed by atoms with Crippen molar-refractivity contribution in [3.05, 3.63) is 54.4 Å². The van der Waals surface area contributed by atoms with Gasteiger partial charge in [0, 0.05) is 50.1 Å². The van der Waals surface area contributed by atoms with Gasteiger partial charge in [-0.15, -0.1) is 0 Å². The first-order valence-electron chi connectivity index (χ1n) is 9.76. The Bertz CT molecular complexity index is 849. The first-order chi connectivity index (χ1) is 13.7. The van der Waals surface area contributed by atoms with Crippen molar-refractivity contribution in [1.82, 2.24) is 24.9 Å². The highest BCUT2D eigenvalue weighted by atomic mass is 16.2. The highest BCUT2D eigenvalue weighted by Crippen LogP contribution is 2.18. The molecule has 4 rings (SSSR count). The maximum atomic E-state index is 12.4. The maximum Gasteiger partial charge on any atom is 0.246 e. The Kier molecular flexibility index (Phi) is 5.53. The average molecular weight is 379 g/mol. The number of para-hydroxylation sites is 1. The number of nitrogens with one attached hydrogen (secondary N) is 1. The maximum absolute atomic E-state index is 12.4. The molecule has 1 aromatic heterocycles. The van der Waals surface area contributed by atoms with Crippen molar-refractivity contribution in [2.24, 2.45) is 0 Å². The van der Waals surface area contributed by atoms with Crippen LogP contribution in [-0.2, 0) is 9.59 Å². The van der Waals surface area contributed by atoms with Crippen LogP contribution in [0.2, 0.25) is 0 Å². The average Bonchev–Trinajstić information content (AvgIpc) is 3.40. The molecule has 1 aliphatic carbocycles. The minimum Gasteiger partial charge on any atom is -0.352 e. The normalized spacial score (nSPS) is 17.8. The molecule has 1 N–H and O–H groups in total. The van der Waals surface area contributed by atoms with E-state index in [0.29, 0.717) is 25.7 Å². The molecular formula is C21H25N5O2. The third-order valence-electron chi connectivity index (χ3n) is 5.04. The van der Waals surface area contributed by atoms with Gasteiger partial charge in [-0.2, -0.15) is 5.10 Å². The summed E-state index contributed by atoms with van der Waals surface area (Å²) in [7, 11) is 0. The molecule has 1 saturated carbocycles. The van der Waals surface area contributed by atoms with Crippen molar-refractivity contribution in [3.8, 4) is 5.69 Å². The molecule has 0 unspecified atom stereocenters. The first-order valence-corrected chi connectivity index (χ1v) is 9.76. The van der Waals surface area contributed by atoms with Gasteiger partial charge in [0.1, 0.15) is 0 Å². The Labute approximate surface area is 164 Å². The van der Waals surface area contributed by atoms with Gasteiger partial charge < -0.3 is 10.2 Å². The Balaban J connectivity index is 1.25. The number of carbonyl (C=O) groups excluding carboxylic acids is 2. The molecular weight excluding hydrogens is 354 g/mol. The number of hydrogen-bond donors (Lipinski definition) is 1. The van der Waals surface area contributed by atoms with Crippen LogP contribution in [0.1, 0.15) is 18.4 Å². The fourth-order valence-electron chi connectivity index (χ4n) is 3.25. The van der Waals surface area contributed by atoms with E-state index in [1.807, 2.05) is 41.4 Å². The highest BCUT2D eigenvalue weighted by molar-refractivity contribution is 5.91. The third kappa shape index (κ3) is 4.86. The van der Waals surface area contributed by atoms with E-state index in [2.05, 4.69) is 15.3 Å². The standard InChI is InChI=1S/C21H25N5O2/c27-20(23-18-7-8-18)16-24-10-12-25(13-11-24)21(28)9-6-17-14-22-26(15-17)19-4-2-1-3-5-19/h1-6,9,14-15,18H,7-8,10-13,16H2,(H,23,27)/b9-6+. The Morgan fingerprint density at radius 1 is 1.11 bits per heavy atom. The van der Waals surface area contributed by atoms with Gasteiger partial charge >= 0.3 is 0 Å². The van der Waals surface area contributed by atoms with E-state index in [1.54, 1.807) is 23.0 Å². The smallest absolute Gasteiger partial charge is 0.246 e. The molecule has 2 fully saturated rings. The van der Waals surface area contributed by atoms with Crippen LogP contribution in [0.4, 0.5) is 0 Å². The minimum atomic E-state index is -0.00505. The van der Waals surface area contributed by atoms with Crippen LogP contribution in [0.5, 0.6) is 0 Å². The molecule has 2 aliphatic rings. The van der Waals surface area contributed by atoms with Crippen molar-refractivity contribution in [1.29, 1.82) is 0 Å². The second-order valence-electron chi connectivity index (χ2n) is 7.33. The summed E-state index contributed by atoms with van der Waals surface area (Å²) in [4.78, 5) is 28.3. The first kappa shape index (κ1) is 18.4. The van der Waals surface area contributed by atoms with Crippen molar-refractivity contribution in [3.63, 3.8) is 0 Å². The summed E-state index contributed by atoms with van der Waals surface area (Å²) in [5.74, 6) is 0.0899. The Morgan fingerprint density at radius 3 is 2.57 bits per heavy atom. The molecule has 1 saturated heterocycles. The topological polar surface area (TPSA) is 70.5 Å². The van der Waals surface area contributed by atoms with Crippen LogP contribution in [0, 0.1) is 0 Å². The predicted molar refractivity (Wildman–Crippen MR) is 107 cm³/mol. The number of amides is 2. The van der Waals surface area contributed by atoms with Gasteiger partial charge in [-0.1, -0.05) is 18.2 Å². The summed E-state index contributed by atoms with van der Waals surface area (Å²) in [6, 6.07) is 10.3. The van der Waals surface area contributed by atoms with Crippen LogP contribution in [0.15, 0.2) is 48.8 Å². The van der Waals surface area contributed by atoms with E-state index >= 15 is 0 Å². The lowest BCUT2D eigenvalue weighted by atomic mass is 10.2. The van der Waals surface area contributed by atoms with E-state index in [9.17, 15) is 9.59 Å². The zero-order valence-electron chi connectivity index (χ0n) is 15.8. The van der Waals surface area contributed by atoms with Crippen LogP contribution >= 0.6 is 0 Å². The number of piperazine rings is 1. The van der Waals surface area contributed by atoms with Gasteiger partial charge in [-0.3, -0.25) is 14.5 Å². The summed E-state index contributed by atoms with van der Waals surface area (Å²) in [5, 5.41) is 7.34. The van der Waals surface area contributed by atoms with E-state index in [-0.39, 0.29) is 11.8 Å². The molecule has 2 heterocycles. The number of rotatable bonds is 6. The second-order valence-corrected chi connectivity index (χ2v) is 7.33. The Hall–Kier alpha value is -2.93. The lowest BCUT2D eigenvalue weighted by Gasteiger charge is -2.33. The molecule has 1 aromatic carbocycles. The molecule has 2 amide bonds. The molecule has 146 valence electrons. The summed E-state index contributed by atoms with van der Waals surface area (Å²) in [6.07, 6.45) is 9.24. The van der Waals surface area contributed by atoms with Gasteiger partial charge in [0.2, 0.25) is 11.8 Å². The molecule has 0 spiro atoms. The molecule has 0 atom stereocenters. The quantitative estimate of drug-likeness (QED) is 0.769. The molecule has 7 heteroatoms.